The van der Waals surface area contributed by atoms with Crippen molar-refractivity contribution in [1.82, 2.24) is 4.90 Å². The van der Waals surface area contributed by atoms with Crippen molar-refractivity contribution in [3.8, 4) is 0 Å². The molecule has 0 amide bonds. The monoisotopic (exact) mass is 276 g/mol. The van der Waals surface area contributed by atoms with Crippen molar-refractivity contribution in [1.29, 1.82) is 0 Å². The Bertz CT molecular complexity index is 396. The van der Waals surface area contributed by atoms with E-state index < -0.39 is 10.7 Å². The van der Waals surface area contributed by atoms with Crippen LogP contribution in [0.1, 0.15) is 5.56 Å². The summed E-state index contributed by atoms with van der Waals surface area (Å²) in [7, 11) is 3.59. The summed E-state index contributed by atoms with van der Waals surface area (Å²) in [5, 5.41) is 10.7. The van der Waals surface area contributed by atoms with Gasteiger partial charge < -0.3 is 4.90 Å². The fourth-order valence-electron chi connectivity index (χ4n) is 1.21. The van der Waals surface area contributed by atoms with Crippen LogP contribution in [0, 0.1) is 15.9 Å². The molecule has 0 aromatic heterocycles. The Morgan fingerprint density at radius 2 is 2.13 bits per heavy atom. The molecule has 0 saturated carbocycles. The molecule has 0 heterocycles. The first-order valence-electron chi connectivity index (χ1n) is 4.19. The first-order valence-corrected chi connectivity index (χ1v) is 4.98. The van der Waals surface area contributed by atoms with Crippen molar-refractivity contribution in [3.63, 3.8) is 0 Å². The van der Waals surface area contributed by atoms with E-state index in [4.69, 9.17) is 0 Å². The lowest BCUT2D eigenvalue weighted by molar-refractivity contribution is -0.385. The van der Waals surface area contributed by atoms with Crippen LogP contribution in [0.15, 0.2) is 16.6 Å². The normalized spacial score (nSPS) is 10.7. The molecule has 1 rings (SSSR count). The molecule has 0 aliphatic carbocycles. The van der Waals surface area contributed by atoms with Gasteiger partial charge in [-0.3, -0.25) is 10.1 Å². The highest BCUT2D eigenvalue weighted by Gasteiger charge is 2.17. The largest absolute Gasteiger partial charge is 0.305 e. The van der Waals surface area contributed by atoms with Gasteiger partial charge in [0.15, 0.2) is 0 Å². The van der Waals surface area contributed by atoms with Crippen LogP contribution in [0.2, 0.25) is 0 Å². The third kappa shape index (κ3) is 2.97. The van der Waals surface area contributed by atoms with E-state index in [0.29, 0.717) is 12.1 Å². The number of benzene rings is 1. The van der Waals surface area contributed by atoms with E-state index in [9.17, 15) is 14.5 Å². The number of nitrogens with zero attached hydrogens (tertiary/aromatic N) is 2. The van der Waals surface area contributed by atoms with E-state index in [-0.39, 0.29) is 10.2 Å². The average Bonchev–Trinajstić information content (AvgIpc) is 2.09. The molecule has 0 spiro atoms. The van der Waals surface area contributed by atoms with Crippen LogP contribution in [0.5, 0.6) is 0 Å². The van der Waals surface area contributed by atoms with Gasteiger partial charge in [-0.25, -0.2) is 4.39 Å². The third-order valence-electron chi connectivity index (χ3n) is 1.80. The van der Waals surface area contributed by atoms with Gasteiger partial charge in [0.05, 0.1) is 15.5 Å². The second kappa shape index (κ2) is 4.67. The molecule has 0 bridgehead atoms. The zero-order valence-corrected chi connectivity index (χ0v) is 9.91. The van der Waals surface area contributed by atoms with Gasteiger partial charge in [0, 0.05) is 12.1 Å². The van der Waals surface area contributed by atoms with Crippen LogP contribution in [0.3, 0.4) is 0 Å². The topological polar surface area (TPSA) is 46.4 Å². The van der Waals surface area contributed by atoms with Crippen LogP contribution in [-0.2, 0) is 6.54 Å². The molecule has 82 valence electrons. The fourth-order valence-corrected chi connectivity index (χ4v) is 1.61. The Kier molecular flexibility index (Phi) is 3.76. The number of hydrogen-bond donors (Lipinski definition) is 0. The maximum absolute atomic E-state index is 13.1. The van der Waals surface area contributed by atoms with Crippen LogP contribution in [0.25, 0.3) is 0 Å². The molecular formula is C9H10BrFN2O2. The summed E-state index contributed by atoms with van der Waals surface area (Å²) in [6.45, 7) is 0.398. The van der Waals surface area contributed by atoms with Crippen LogP contribution in [-0.4, -0.2) is 23.9 Å². The smallest absolute Gasteiger partial charge is 0.276 e. The van der Waals surface area contributed by atoms with Gasteiger partial charge in [-0.15, -0.1) is 0 Å². The van der Waals surface area contributed by atoms with Gasteiger partial charge in [-0.1, -0.05) is 0 Å². The van der Waals surface area contributed by atoms with Gasteiger partial charge in [0.25, 0.3) is 5.69 Å². The lowest BCUT2D eigenvalue weighted by Crippen LogP contribution is -2.12. The van der Waals surface area contributed by atoms with Crippen molar-refractivity contribution in [3.05, 3.63) is 38.1 Å². The van der Waals surface area contributed by atoms with Crippen molar-refractivity contribution in [2.24, 2.45) is 0 Å². The van der Waals surface area contributed by atoms with Crippen LogP contribution >= 0.6 is 15.9 Å². The number of hydrogen-bond acceptors (Lipinski definition) is 3. The quantitative estimate of drug-likeness (QED) is 0.630. The number of nitro benzene ring substituents is 1. The molecule has 0 unspecified atom stereocenters. The van der Waals surface area contributed by atoms with Crippen molar-refractivity contribution < 1.29 is 9.31 Å². The van der Waals surface area contributed by atoms with Gasteiger partial charge >= 0.3 is 0 Å². The maximum Gasteiger partial charge on any atom is 0.276 e. The Hall–Kier alpha value is -1.01. The van der Waals surface area contributed by atoms with E-state index in [2.05, 4.69) is 15.9 Å². The Morgan fingerprint density at radius 1 is 1.53 bits per heavy atom. The molecule has 0 saturated heterocycles. The van der Waals surface area contributed by atoms with Gasteiger partial charge in [-0.05, 0) is 36.1 Å². The third-order valence-corrected chi connectivity index (χ3v) is 2.41. The van der Waals surface area contributed by atoms with E-state index in [1.54, 1.807) is 19.0 Å². The zero-order valence-electron chi connectivity index (χ0n) is 8.33. The fraction of sp³-hybridized carbons (Fsp3) is 0.333. The Morgan fingerprint density at radius 3 is 2.60 bits per heavy atom. The summed E-state index contributed by atoms with van der Waals surface area (Å²) in [5.74, 6) is -0.621. The van der Waals surface area contributed by atoms with E-state index in [0.717, 1.165) is 6.07 Å². The van der Waals surface area contributed by atoms with Gasteiger partial charge in [0.1, 0.15) is 5.82 Å². The highest BCUT2D eigenvalue weighted by atomic mass is 79.9. The second-order valence-electron chi connectivity index (χ2n) is 3.39. The number of halogens is 2. The SMILES string of the molecule is CN(C)Cc1cc(Br)c(F)cc1[N+](=O)[O-]. The summed E-state index contributed by atoms with van der Waals surface area (Å²) >= 11 is 3.00. The summed E-state index contributed by atoms with van der Waals surface area (Å²) in [6, 6.07) is 2.37. The van der Waals surface area contributed by atoms with Crippen molar-refractivity contribution in [2.45, 2.75) is 6.54 Å². The van der Waals surface area contributed by atoms with E-state index >= 15 is 0 Å². The highest BCUT2D eigenvalue weighted by Crippen LogP contribution is 2.26. The molecule has 0 atom stereocenters. The van der Waals surface area contributed by atoms with Crippen LogP contribution in [0.4, 0.5) is 10.1 Å². The molecule has 0 fully saturated rings. The molecular weight excluding hydrogens is 267 g/mol. The standard InChI is InChI=1S/C9H10BrFN2O2/c1-12(2)5-6-3-7(10)8(11)4-9(6)13(14)15/h3-4H,5H2,1-2H3. The summed E-state index contributed by atoms with van der Waals surface area (Å²) in [4.78, 5) is 11.9. The predicted molar refractivity (Wildman–Crippen MR) is 58.1 cm³/mol. The minimum absolute atomic E-state index is 0.190. The molecule has 15 heavy (non-hydrogen) atoms. The van der Waals surface area contributed by atoms with E-state index in [1.165, 1.54) is 6.07 Å². The lowest BCUT2D eigenvalue weighted by atomic mass is 10.1. The second-order valence-corrected chi connectivity index (χ2v) is 4.24. The van der Waals surface area contributed by atoms with E-state index in [1.807, 2.05) is 0 Å². The molecule has 1 aromatic rings. The minimum Gasteiger partial charge on any atom is -0.305 e. The minimum atomic E-state index is -0.621. The van der Waals surface area contributed by atoms with Gasteiger partial charge in [0.2, 0.25) is 0 Å². The molecule has 4 nitrogen and oxygen atoms in total. The molecule has 0 radical (unpaired) electrons. The highest BCUT2D eigenvalue weighted by molar-refractivity contribution is 9.10. The van der Waals surface area contributed by atoms with Crippen LogP contribution < -0.4 is 0 Å². The number of rotatable bonds is 3. The average molecular weight is 277 g/mol. The summed E-state index contributed by atoms with van der Waals surface area (Å²) in [6.07, 6.45) is 0. The molecule has 0 aliphatic heterocycles. The molecule has 0 N–H and O–H groups in total. The van der Waals surface area contributed by atoms with Crippen molar-refractivity contribution in [2.75, 3.05) is 14.1 Å². The zero-order chi connectivity index (χ0) is 11.6. The summed E-state index contributed by atoms with van der Waals surface area (Å²) in [5.41, 5.74) is 0.294. The Labute approximate surface area is 95.0 Å². The summed E-state index contributed by atoms with van der Waals surface area (Å²) < 4.78 is 13.3. The first-order chi connectivity index (χ1) is 6.91. The molecule has 1 aromatic carbocycles. The predicted octanol–water partition coefficient (Wildman–Crippen LogP) is 2.56. The van der Waals surface area contributed by atoms with Gasteiger partial charge in [-0.2, -0.15) is 0 Å². The van der Waals surface area contributed by atoms with Crippen molar-refractivity contribution >= 4 is 21.6 Å². The molecule has 6 heteroatoms. The maximum atomic E-state index is 13.1. The molecule has 0 aliphatic rings. The Balaban J connectivity index is 3.22. The lowest BCUT2D eigenvalue weighted by Gasteiger charge is -2.10. The number of nitro groups is 1. The first kappa shape index (κ1) is 12.1.